The summed E-state index contributed by atoms with van der Waals surface area (Å²) in [5.41, 5.74) is 0.674. The molecule has 0 radical (unpaired) electrons. The molecule has 1 atom stereocenters. The van der Waals surface area contributed by atoms with Gasteiger partial charge in [0.1, 0.15) is 5.69 Å². The summed E-state index contributed by atoms with van der Waals surface area (Å²) < 4.78 is 0. The number of aliphatic hydroxyl groups is 1. The van der Waals surface area contributed by atoms with E-state index in [-0.39, 0.29) is 18.1 Å². The molecule has 7 heteroatoms. The summed E-state index contributed by atoms with van der Waals surface area (Å²) in [7, 11) is 1.61. The zero-order valence-electron chi connectivity index (χ0n) is 11.8. The summed E-state index contributed by atoms with van der Waals surface area (Å²) in [4.78, 5) is 23.6. The number of benzene rings is 1. The lowest BCUT2D eigenvalue weighted by molar-refractivity contribution is -0.384. The molecule has 1 unspecified atom stereocenters. The minimum absolute atomic E-state index is 0.0305. The van der Waals surface area contributed by atoms with E-state index in [2.05, 4.69) is 5.32 Å². The van der Waals surface area contributed by atoms with Gasteiger partial charge in [-0.2, -0.15) is 0 Å². The first kappa shape index (κ1) is 15.9. The number of anilines is 1. The molecule has 0 aliphatic rings. The van der Waals surface area contributed by atoms with Crippen LogP contribution in [0.2, 0.25) is 0 Å². The molecule has 0 saturated heterocycles. The van der Waals surface area contributed by atoms with Gasteiger partial charge in [-0.15, -0.1) is 0 Å². The van der Waals surface area contributed by atoms with Gasteiger partial charge in [-0.1, -0.05) is 6.07 Å². The van der Waals surface area contributed by atoms with Crippen LogP contribution in [0.5, 0.6) is 0 Å². The molecule has 0 saturated carbocycles. The second-order valence-electron chi connectivity index (χ2n) is 4.49. The Labute approximate surface area is 117 Å². The van der Waals surface area contributed by atoms with Gasteiger partial charge in [0.05, 0.1) is 17.6 Å². The van der Waals surface area contributed by atoms with E-state index in [1.807, 2.05) is 0 Å². The Morgan fingerprint density at radius 1 is 1.55 bits per heavy atom. The third-order valence-electron chi connectivity index (χ3n) is 2.84. The van der Waals surface area contributed by atoms with Crippen LogP contribution in [0.25, 0.3) is 0 Å². The molecule has 2 N–H and O–H groups in total. The largest absolute Gasteiger partial charge is 0.389 e. The number of hydrogen-bond donors (Lipinski definition) is 2. The number of nitro benzene ring substituents is 1. The maximum absolute atomic E-state index is 11.5. The van der Waals surface area contributed by atoms with Gasteiger partial charge < -0.3 is 15.3 Å². The van der Waals surface area contributed by atoms with E-state index in [0.717, 1.165) is 0 Å². The number of nitrogens with zero attached hydrogens (tertiary/aromatic N) is 2. The van der Waals surface area contributed by atoms with Crippen molar-refractivity contribution in [2.75, 3.05) is 25.0 Å². The Bertz CT molecular complexity index is 502. The number of amides is 1. The predicted molar refractivity (Wildman–Crippen MR) is 75.7 cm³/mol. The number of carbonyl (C=O) groups is 1. The third-order valence-corrected chi connectivity index (χ3v) is 2.84. The van der Waals surface area contributed by atoms with E-state index in [1.54, 1.807) is 26.1 Å². The van der Waals surface area contributed by atoms with Gasteiger partial charge in [-0.3, -0.25) is 14.9 Å². The lowest BCUT2D eigenvalue weighted by atomic mass is 10.1. The van der Waals surface area contributed by atoms with Crippen molar-refractivity contribution in [2.45, 2.75) is 20.0 Å². The van der Waals surface area contributed by atoms with Crippen LogP contribution in [-0.2, 0) is 4.79 Å². The van der Waals surface area contributed by atoms with Gasteiger partial charge in [0.25, 0.3) is 5.69 Å². The Morgan fingerprint density at radius 3 is 2.70 bits per heavy atom. The van der Waals surface area contributed by atoms with Crippen molar-refractivity contribution < 1.29 is 14.8 Å². The standard InChI is InChI=1S/C13H19N3O4/c1-4-14-13(18)8-15(3)11-6-5-10(9(2)17)7-12(11)16(19)20/h5-7,9,17H,4,8H2,1-3H3,(H,14,18). The highest BCUT2D eigenvalue weighted by Gasteiger charge is 2.20. The molecule has 110 valence electrons. The molecule has 1 aromatic carbocycles. The van der Waals surface area contributed by atoms with Crippen LogP contribution in [0.3, 0.4) is 0 Å². The summed E-state index contributed by atoms with van der Waals surface area (Å²) >= 11 is 0. The summed E-state index contributed by atoms with van der Waals surface area (Å²) in [6, 6.07) is 4.48. The van der Waals surface area contributed by atoms with Crippen molar-refractivity contribution in [3.8, 4) is 0 Å². The van der Waals surface area contributed by atoms with Crippen LogP contribution < -0.4 is 10.2 Å². The summed E-state index contributed by atoms with van der Waals surface area (Å²) in [6.45, 7) is 3.88. The normalized spacial score (nSPS) is 11.8. The topological polar surface area (TPSA) is 95.7 Å². The van der Waals surface area contributed by atoms with E-state index in [4.69, 9.17) is 0 Å². The molecule has 0 aliphatic heterocycles. The van der Waals surface area contributed by atoms with Gasteiger partial charge in [-0.05, 0) is 25.5 Å². The fourth-order valence-electron chi connectivity index (χ4n) is 1.82. The average Bonchev–Trinajstić information content (AvgIpc) is 2.37. The van der Waals surface area contributed by atoms with Crippen LogP contribution in [0.1, 0.15) is 25.5 Å². The van der Waals surface area contributed by atoms with Crippen LogP contribution in [-0.4, -0.2) is 36.1 Å². The Balaban J connectivity index is 3.04. The zero-order valence-corrected chi connectivity index (χ0v) is 11.8. The molecule has 0 aromatic heterocycles. The predicted octanol–water partition coefficient (Wildman–Crippen LogP) is 1.22. The Hall–Kier alpha value is -2.15. The first-order valence-electron chi connectivity index (χ1n) is 6.31. The molecule has 0 heterocycles. The molecular weight excluding hydrogens is 262 g/mol. The number of hydrogen-bond acceptors (Lipinski definition) is 5. The number of carbonyl (C=O) groups excluding carboxylic acids is 1. The molecule has 7 nitrogen and oxygen atoms in total. The highest BCUT2D eigenvalue weighted by atomic mass is 16.6. The highest BCUT2D eigenvalue weighted by molar-refractivity contribution is 5.82. The molecular formula is C13H19N3O4. The second-order valence-corrected chi connectivity index (χ2v) is 4.49. The summed E-state index contributed by atoms with van der Waals surface area (Å²) in [5.74, 6) is -0.205. The van der Waals surface area contributed by atoms with Crippen molar-refractivity contribution in [2.24, 2.45) is 0 Å². The van der Waals surface area contributed by atoms with E-state index in [0.29, 0.717) is 17.8 Å². The Kier molecular flexibility index (Phi) is 5.45. The van der Waals surface area contributed by atoms with Crippen molar-refractivity contribution in [1.29, 1.82) is 0 Å². The van der Waals surface area contributed by atoms with Gasteiger partial charge in [0, 0.05) is 19.7 Å². The van der Waals surface area contributed by atoms with Gasteiger partial charge >= 0.3 is 0 Å². The van der Waals surface area contributed by atoms with E-state index in [1.165, 1.54) is 17.9 Å². The Morgan fingerprint density at radius 2 is 2.20 bits per heavy atom. The molecule has 0 bridgehead atoms. The summed E-state index contributed by atoms with van der Waals surface area (Å²) in [5, 5.41) is 23.2. The van der Waals surface area contributed by atoms with Crippen molar-refractivity contribution >= 4 is 17.3 Å². The lowest BCUT2D eigenvalue weighted by Gasteiger charge is -2.19. The quantitative estimate of drug-likeness (QED) is 0.603. The maximum atomic E-state index is 11.5. The average molecular weight is 281 g/mol. The molecule has 1 rings (SSSR count). The first-order chi connectivity index (χ1) is 9.36. The number of rotatable bonds is 6. The first-order valence-corrected chi connectivity index (χ1v) is 6.31. The van der Waals surface area contributed by atoms with Crippen LogP contribution in [0, 0.1) is 10.1 Å². The van der Waals surface area contributed by atoms with Gasteiger partial charge in [-0.25, -0.2) is 0 Å². The number of nitrogens with one attached hydrogen (secondary N) is 1. The van der Waals surface area contributed by atoms with Crippen molar-refractivity contribution in [3.63, 3.8) is 0 Å². The summed E-state index contributed by atoms with van der Waals surface area (Å²) in [6.07, 6.45) is -0.781. The van der Waals surface area contributed by atoms with Crippen molar-refractivity contribution in [1.82, 2.24) is 5.32 Å². The van der Waals surface area contributed by atoms with Gasteiger partial charge in [0.15, 0.2) is 0 Å². The highest BCUT2D eigenvalue weighted by Crippen LogP contribution is 2.30. The molecule has 1 amide bonds. The maximum Gasteiger partial charge on any atom is 0.292 e. The van der Waals surface area contributed by atoms with Crippen LogP contribution >= 0.6 is 0 Å². The van der Waals surface area contributed by atoms with E-state index in [9.17, 15) is 20.0 Å². The molecule has 20 heavy (non-hydrogen) atoms. The van der Waals surface area contributed by atoms with Crippen LogP contribution in [0.15, 0.2) is 18.2 Å². The van der Waals surface area contributed by atoms with Crippen molar-refractivity contribution in [3.05, 3.63) is 33.9 Å². The SMILES string of the molecule is CCNC(=O)CN(C)c1ccc(C(C)O)cc1[N+](=O)[O-]. The second kappa shape index (κ2) is 6.85. The molecule has 0 fully saturated rings. The smallest absolute Gasteiger partial charge is 0.292 e. The zero-order chi connectivity index (χ0) is 15.3. The lowest BCUT2D eigenvalue weighted by Crippen LogP contribution is -2.35. The molecule has 0 aliphatic carbocycles. The number of nitro groups is 1. The molecule has 1 aromatic rings. The van der Waals surface area contributed by atoms with E-state index < -0.39 is 11.0 Å². The fraction of sp³-hybridized carbons (Fsp3) is 0.462. The third kappa shape index (κ3) is 3.92. The minimum Gasteiger partial charge on any atom is -0.389 e. The number of likely N-dealkylation sites (N-methyl/N-ethyl adjacent to an activating group) is 2. The van der Waals surface area contributed by atoms with Crippen LogP contribution in [0.4, 0.5) is 11.4 Å². The van der Waals surface area contributed by atoms with Gasteiger partial charge in [0.2, 0.25) is 5.91 Å². The van der Waals surface area contributed by atoms with E-state index >= 15 is 0 Å². The minimum atomic E-state index is -0.781. The number of aliphatic hydroxyl groups excluding tert-OH is 1. The monoisotopic (exact) mass is 281 g/mol. The fourth-order valence-corrected chi connectivity index (χ4v) is 1.82. The molecule has 0 spiro atoms.